The third-order valence-electron chi connectivity index (χ3n) is 3.00. The SMILES string of the molecule is CC(=O)c1ccc2c(c1)Sc1ccccc1C=C2. The topological polar surface area (TPSA) is 17.1 Å². The van der Waals surface area contributed by atoms with Crippen molar-refractivity contribution >= 4 is 29.7 Å². The summed E-state index contributed by atoms with van der Waals surface area (Å²) >= 11 is 1.72. The van der Waals surface area contributed by atoms with E-state index in [1.54, 1.807) is 18.7 Å². The number of Topliss-reactive ketones (excluding diaryl/α,β-unsaturated/α-hetero) is 1. The van der Waals surface area contributed by atoms with Crippen LogP contribution in [0.1, 0.15) is 28.4 Å². The summed E-state index contributed by atoms with van der Waals surface area (Å²) in [7, 11) is 0. The second kappa shape index (κ2) is 4.46. The van der Waals surface area contributed by atoms with Crippen molar-refractivity contribution < 1.29 is 4.79 Å². The first kappa shape index (κ1) is 11.3. The second-order valence-corrected chi connectivity index (χ2v) is 5.37. The molecule has 2 aromatic rings. The lowest BCUT2D eigenvalue weighted by Gasteiger charge is -2.06. The molecule has 0 bridgehead atoms. The Morgan fingerprint density at radius 3 is 2.44 bits per heavy atom. The van der Waals surface area contributed by atoms with Gasteiger partial charge in [-0.1, -0.05) is 54.2 Å². The van der Waals surface area contributed by atoms with Crippen LogP contribution in [-0.4, -0.2) is 5.78 Å². The molecule has 0 unspecified atom stereocenters. The summed E-state index contributed by atoms with van der Waals surface area (Å²) in [6.45, 7) is 1.60. The highest BCUT2D eigenvalue weighted by Gasteiger charge is 2.11. The number of hydrogen-bond acceptors (Lipinski definition) is 2. The van der Waals surface area contributed by atoms with Gasteiger partial charge >= 0.3 is 0 Å². The van der Waals surface area contributed by atoms with Gasteiger partial charge in [-0.05, 0) is 30.2 Å². The van der Waals surface area contributed by atoms with Crippen molar-refractivity contribution in [3.05, 3.63) is 59.2 Å². The van der Waals surface area contributed by atoms with Gasteiger partial charge in [0.25, 0.3) is 0 Å². The van der Waals surface area contributed by atoms with Crippen molar-refractivity contribution in [2.45, 2.75) is 16.7 Å². The average molecular weight is 252 g/mol. The predicted octanol–water partition coefficient (Wildman–Crippen LogP) is 4.52. The van der Waals surface area contributed by atoms with Crippen LogP contribution in [0.4, 0.5) is 0 Å². The molecule has 1 nitrogen and oxygen atoms in total. The molecule has 0 spiro atoms. The molecule has 0 saturated heterocycles. The smallest absolute Gasteiger partial charge is 0.159 e. The number of benzene rings is 2. The molecule has 2 heteroatoms. The molecule has 0 amide bonds. The zero-order chi connectivity index (χ0) is 12.5. The lowest BCUT2D eigenvalue weighted by atomic mass is 10.1. The van der Waals surface area contributed by atoms with Gasteiger partial charge in [-0.25, -0.2) is 0 Å². The first-order valence-corrected chi connectivity index (χ1v) is 6.65. The summed E-state index contributed by atoms with van der Waals surface area (Å²) in [5, 5.41) is 0. The van der Waals surface area contributed by atoms with E-state index in [1.807, 2.05) is 30.3 Å². The Morgan fingerprint density at radius 1 is 0.944 bits per heavy atom. The van der Waals surface area contributed by atoms with Crippen molar-refractivity contribution in [3.8, 4) is 0 Å². The van der Waals surface area contributed by atoms with E-state index in [1.165, 1.54) is 16.0 Å². The third-order valence-corrected chi connectivity index (χ3v) is 4.17. The van der Waals surface area contributed by atoms with E-state index in [2.05, 4.69) is 24.3 Å². The Bertz CT molecular complexity index is 656. The normalized spacial score (nSPS) is 12.5. The molecule has 0 radical (unpaired) electrons. The van der Waals surface area contributed by atoms with E-state index in [-0.39, 0.29) is 5.78 Å². The van der Waals surface area contributed by atoms with Crippen molar-refractivity contribution in [1.82, 2.24) is 0 Å². The molecular weight excluding hydrogens is 240 g/mol. The molecular formula is C16H12OS. The first-order chi connectivity index (χ1) is 8.74. The second-order valence-electron chi connectivity index (χ2n) is 4.28. The maximum Gasteiger partial charge on any atom is 0.159 e. The minimum Gasteiger partial charge on any atom is -0.295 e. The van der Waals surface area contributed by atoms with Gasteiger partial charge in [-0.3, -0.25) is 4.79 Å². The van der Waals surface area contributed by atoms with E-state index < -0.39 is 0 Å². The summed E-state index contributed by atoms with van der Waals surface area (Å²) in [5.74, 6) is 0.111. The molecule has 2 aromatic carbocycles. The number of hydrogen-bond donors (Lipinski definition) is 0. The average Bonchev–Trinajstić information content (AvgIpc) is 2.56. The van der Waals surface area contributed by atoms with Gasteiger partial charge in [0, 0.05) is 15.4 Å². The van der Waals surface area contributed by atoms with Crippen molar-refractivity contribution in [2.24, 2.45) is 0 Å². The minimum absolute atomic E-state index is 0.111. The van der Waals surface area contributed by atoms with Crippen LogP contribution in [0.15, 0.2) is 52.3 Å². The molecule has 88 valence electrons. The summed E-state index contributed by atoms with van der Waals surface area (Å²) < 4.78 is 0. The zero-order valence-corrected chi connectivity index (χ0v) is 10.8. The van der Waals surface area contributed by atoms with Crippen LogP contribution in [0.25, 0.3) is 12.2 Å². The number of fused-ring (bicyclic) bond motifs is 2. The summed E-state index contributed by atoms with van der Waals surface area (Å²) in [6.07, 6.45) is 4.24. The zero-order valence-electron chi connectivity index (χ0n) is 10.0. The number of ketones is 1. The van der Waals surface area contributed by atoms with Gasteiger partial charge in [-0.2, -0.15) is 0 Å². The van der Waals surface area contributed by atoms with E-state index in [0.717, 1.165) is 10.5 Å². The van der Waals surface area contributed by atoms with Crippen molar-refractivity contribution in [2.75, 3.05) is 0 Å². The standard InChI is InChI=1S/C16H12OS/c1-11(17)14-9-8-13-7-6-12-4-2-3-5-15(12)18-16(13)10-14/h2-10H,1H3. The molecule has 1 aliphatic rings. The summed E-state index contributed by atoms with van der Waals surface area (Å²) in [5.41, 5.74) is 3.17. The molecule has 1 aliphatic heterocycles. The fraction of sp³-hybridized carbons (Fsp3) is 0.0625. The number of carbonyl (C=O) groups excluding carboxylic acids is 1. The fourth-order valence-corrected chi connectivity index (χ4v) is 3.07. The van der Waals surface area contributed by atoms with Gasteiger partial charge in [0.1, 0.15) is 0 Å². The summed E-state index contributed by atoms with van der Waals surface area (Å²) in [6, 6.07) is 14.2. The van der Waals surface area contributed by atoms with Crippen LogP contribution >= 0.6 is 11.8 Å². The Morgan fingerprint density at radius 2 is 1.67 bits per heavy atom. The number of rotatable bonds is 1. The van der Waals surface area contributed by atoms with Gasteiger partial charge in [-0.15, -0.1) is 0 Å². The van der Waals surface area contributed by atoms with Crippen LogP contribution in [0.5, 0.6) is 0 Å². The molecule has 1 heterocycles. The monoisotopic (exact) mass is 252 g/mol. The van der Waals surface area contributed by atoms with E-state index in [0.29, 0.717) is 0 Å². The van der Waals surface area contributed by atoms with E-state index in [4.69, 9.17) is 0 Å². The molecule has 0 atom stereocenters. The highest BCUT2D eigenvalue weighted by atomic mass is 32.2. The van der Waals surface area contributed by atoms with Crippen LogP contribution in [0, 0.1) is 0 Å². The van der Waals surface area contributed by atoms with Gasteiger partial charge in [0.15, 0.2) is 5.78 Å². The Hall–Kier alpha value is -1.80. The van der Waals surface area contributed by atoms with Crippen molar-refractivity contribution in [1.29, 1.82) is 0 Å². The predicted molar refractivity (Wildman–Crippen MR) is 75.9 cm³/mol. The molecule has 0 N–H and O–H groups in total. The van der Waals surface area contributed by atoms with E-state index >= 15 is 0 Å². The Kier molecular flexibility index (Phi) is 2.80. The fourth-order valence-electron chi connectivity index (χ4n) is 1.99. The number of carbonyl (C=O) groups is 1. The highest BCUT2D eigenvalue weighted by Crippen LogP contribution is 2.37. The largest absolute Gasteiger partial charge is 0.295 e. The van der Waals surface area contributed by atoms with Crippen LogP contribution in [0.2, 0.25) is 0 Å². The molecule has 0 aromatic heterocycles. The lowest BCUT2D eigenvalue weighted by molar-refractivity contribution is 0.101. The minimum atomic E-state index is 0.111. The Labute approximate surface area is 111 Å². The van der Waals surface area contributed by atoms with Crippen LogP contribution < -0.4 is 0 Å². The maximum absolute atomic E-state index is 11.4. The van der Waals surface area contributed by atoms with E-state index in [9.17, 15) is 4.79 Å². The molecule has 0 aliphatic carbocycles. The van der Waals surface area contributed by atoms with Crippen LogP contribution in [0.3, 0.4) is 0 Å². The van der Waals surface area contributed by atoms with Crippen molar-refractivity contribution in [3.63, 3.8) is 0 Å². The quantitative estimate of drug-likeness (QED) is 0.592. The van der Waals surface area contributed by atoms with Gasteiger partial charge in [0.2, 0.25) is 0 Å². The van der Waals surface area contributed by atoms with Gasteiger partial charge < -0.3 is 0 Å². The first-order valence-electron chi connectivity index (χ1n) is 5.84. The molecule has 3 rings (SSSR count). The lowest BCUT2D eigenvalue weighted by Crippen LogP contribution is -1.92. The molecule has 18 heavy (non-hydrogen) atoms. The van der Waals surface area contributed by atoms with Crippen LogP contribution in [-0.2, 0) is 0 Å². The van der Waals surface area contributed by atoms with Gasteiger partial charge in [0.05, 0.1) is 0 Å². The molecule has 0 fully saturated rings. The summed E-state index contributed by atoms with van der Waals surface area (Å²) in [4.78, 5) is 13.8. The Balaban J connectivity index is 2.13. The highest BCUT2D eigenvalue weighted by molar-refractivity contribution is 7.99. The molecule has 0 saturated carbocycles. The maximum atomic E-state index is 11.4. The third kappa shape index (κ3) is 2.00.